The molecule has 4 heteroatoms. The van der Waals surface area contributed by atoms with Crippen LogP contribution in [-0.2, 0) is 11.2 Å². The predicted octanol–water partition coefficient (Wildman–Crippen LogP) is 0.384. The maximum Gasteiger partial charge on any atom is 0.0825 e. The molecule has 0 atom stereocenters. The first-order valence-electron chi connectivity index (χ1n) is 3.28. The molecule has 1 N–H and O–H groups in total. The molecule has 0 fully saturated rings. The third-order valence-electron chi connectivity index (χ3n) is 1.25. The average molecular weight is 141 g/mol. The van der Waals surface area contributed by atoms with E-state index >= 15 is 0 Å². The maximum absolute atomic E-state index is 4.88. The minimum Gasteiger partial charge on any atom is -0.385 e. The minimum absolute atomic E-state index is 0.785. The van der Waals surface area contributed by atoms with Crippen LogP contribution in [0.15, 0.2) is 6.20 Å². The van der Waals surface area contributed by atoms with Crippen molar-refractivity contribution in [1.82, 2.24) is 15.4 Å². The van der Waals surface area contributed by atoms with Gasteiger partial charge in [0.25, 0.3) is 0 Å². The van der Waals surface area contributed by atoms with Crippen molar-refractivity contribution >= 4 is 0 Å². The number of aryl methyl sites for hydroxylation is 1. The number of aromatic amines is 1. The fourth-order valence-corrected chi connectivity index (χ4v) is 0.745. The highest BCUT2D eigenvalue weighted by atomic mass is 16.5. The van der Waals surface area contributed by atoms with E-state index in [1.54, 1.807) is 13.3 Å². The normalized spacial score (nSPS) is 10.1. The largest absolute Gasteiger partial charge is 0.385 e. The zero-order valence-corrected chi connectivity index (χ0v) is 6.00. The summed E-state index contributed by atoms with van der Waals surface area (Å²) < 4.78 is 4.88. The molecule has 0 saturated heterocycles. The predicted molar refractivity (Wildman–Crippen MR) is 36.6 cm³/mol. The highest BCUT2D eigenvalue weighted by Crippen LogP contribution is 1.94. The summed E-state index contributed by atoms with van der Waals surface area (Å²) in [7, 11) is 1.70. The highest BCUT2D eigenvalue weighted by molar-refractivity contribution is 4.89. The standard InChI is InChI=1S/C6H11N3O/c1-10-4-2-3-6-5-7-9-8-6/h5H,2-4H2,1H3,(H,7,8,9). The van der Waals surface area contributed by atoms with Crippen LogP contribution in [0.2, 0.25) is 0 Å². The van der Waals surface area contributed by atoms with Gasteiger partial charge in [-0.25, -0.2) is 0 Å². The lowest BCUT2D eigenvalue weighted by Gasteiger charge is -1.93. The molecule has 0 aliphatic rings. The Hall–Kier alpha value is -0.900. The summed E-state index contributed by atoms with van der Waals surface area (Å²) in [4.78, 5) is 0. The van der Waals surface area contributed by atoms with Gasteiger partial charge in [-0.15, -0.1) is 5.10 Å². The molecule has 1 heterocycles. The van der Waals surface area contributed by atoms with Crippen LogP contribution in [0.1, 0.15) is 12.1 Å². The van der Waals surface area contributed by atoms with E-state index in [2.05, 4.69) is 15.4 Å². The molecular formula is C6H11N3O. The van der Waals surface area contributed by atoms with E-state index in [0.29, 0.717) is 0 Å². The Morgan fingerprint density at radius 3 is 3.20 bits per heavy atom. The monoisotopic (exact) mass is 141 g/mol. The number of nitrogens with zero attached hydrogens (tertiary/aromatic N) is 2. The van der Waals surface area contributed by atoms with Crippen LogP contribution in [-0.4, -0.2) is 29.1 Å². The van der Waals surface area contributed by atoms with Crippen LogP contribution in [0.4, 0.5) is 0 Å². The van der Waals surface area contributed by atoms with Crippen LogP contribution in [0.25, 0.3) is 0 Å². The van der Waals surface area contributed by atoms with Crippen LogP contribution in [0.3, 0.4) is 0 Å². The van der Waals surface area contributed by atoms with Gasteiger partial charge in [-0.05, 0) is 12.8 Å². The van der Waals surface area contributed by atoms with Crippen molar-refractivity contribution in [2.45, 2.75) is 12.8 Å². The molecule has 0 radical (unpaired) electrons. The van der Waals surface area contributed by atoms with Crippen molar-refractivity contribution in [2.75, 3.05) is 13.7 Å². The first kappa shape index (κ1) is 7.21. The summed E-state index contributed by atoms with van der Waals surface area (Å²) in [6.45, 7) is 0.785. The van der Waals surface area contributed by atoms with Crippen molar-refractivity contribution in [3.63, 3.8) is 0 Å². The van der Waals surface area contributed by atoms with Crippen molar-refractivity contribution in [3.05, 3.63) is 11.9 Å². The van der Waals surface area contributed by atoms with Gasteiger partial charge in [0.05, 0.1) is 5.69 Å². The lowest BCUT2D eigenvalue weighted by Crippen LogP contribution is -1.92. The van der Waals surface area contributed by atoms with Gasteiger partial charge in [-0.3, -0.25) is 5.10 Å². The molecule has 0 amide bonds. The number of rotatable bonds is 4. The smallest absolute Gasteiger partial charge is 0.0825 e. The molecule has 56 valence electrons. The summed E-state index contributed by atoms with van der Waals surface area (Å²) in [5, 5.41) is 10.1. The van der Waals surface area contributed by atoms with Gasteiger partial charge in [-0.2, -0.15) is 0 Å². The third-order valence-corrected chi connectivity index (χ3v) is 1.25. The molecule has 0 spiro atoms. The molecular weight excluding hydrogens is 130 g/mol. The van der Waals surface area contributed by atoms with E-state index < -0.39 is 0 Å². The third kappa shape index (κ3) is 2.14. The van der Waals surface area contributed by atoms with Gasteiger partial charge in [0.15, 0.2) is 0 Å². The lowest BCUT2D eigenvalue weighted by molar-refractivity contribution is 0.195. The zero-order valence-electron chi connectivity index (χ0n) is 6.00. The van der Waals surface area contributed by atoms with Crippen molar-refractivity contribution in [1.29, 1.82) is 0 Å². The number of hydrogen-bond donors (Lipinski definition) is 1. The van der Waals surface area contributed by atoms with E-state index in [-0.39, 0.29) is 0 Å². The molecule has 1 aromatic heterocycles. The average Bonchev–Trinajstić information content (AvgIpc) is 2.41. The molecule has 1 aromatic rings. The van der Waals surface area contributed by atoms with Gasteiger partial charge in [0.2, 0.25) is 0 Å². The second-order valence-corrected chi connectivity index (χ2v) is 2.06. The number of nitrogens with one attached hydrogen (secondary N) is 1. The Bertz CT molecular complexity index is 162. The van der Waals surface area contributed by atoms with E-state index in [1.807, 2.05) is 0 Å². The molecule has 1 rings (SSSR count). The molecule has 0 aliphatic carbocycles. The first-order valence-corrected chi connectivity index (χ1v) is 3.28. The van der Waals surface area contributed by atoms with Crippen molar-refractivity contribution in [2.24, 2.45) is 0 Å². The number of ether oxygens (including phenoxy) is 1. The van der Waals surface area contributed by atoms with Gasteiger partial charge < -0.3 is 4.74 Å². The van der Waals surface area contributed by atoms with Crippen molar-refractivity contribution in [3.8, 4) is 0 Å². The number of aromatic nitrogens is 3. The number of H-pyrrole nitrogens is 1. The first-order chi connectivity index (χ1) is 4.93. The zero-order chi connectivity index (χ0) is 7.23. The number of methoxy groups -OCH3 is 1. The quantitative estimate of drug-likeness (QED) is 0.617. The van der Waals surface area contributed by atoms with E-state index in [9.17, 15) is 0 Å². The van der Waals surface area contributed by atoms with Crippen LogP contribution < -0.4 is 0 Å². The summed E-state index contributed by atoms with van der Waals surface area (Å²) in [5.74, 6) is 0. The second kappa shape index (κ2) is 4.00. The topological polar surface area (TPSA) is 50.8 Å². The van der Waals surface area contributed by atoms with Gasteiger partial charge >= 0.3 is 0 Å². The Kier molecular flexibility index (Phi) is 2.89. The lowest BCUT2D eigenvalue weighted by atomic mass is 10.3. The van der Waals surface area contributed by atoms with Crippen LogP contribution >= 0.6 is 0 Å². The molecule has 10 heavy (non-hydrogen) atoms. The van der Waals surface area contributed by atoms with E-state index in [1.165, 1.54) is 0 Å². The fraction of sp³-hybridized carbons (Fsp3) is 0.667. The number of hydrogen-bond acceptors (Lipinski definition) is 3. The second-order valence-electron chi connectivity index (χ2n) is 2.06. The van der Waals surface area contributed by atoms with E-state index in [4.69, 9.17) is 4.74 Å². The summed E-state index contributed by atoms with van der Waals surface area (Å²) >= 11 is 0. The molecule has 0 saturated carbocycles. The molecule has 0 aromatic carbocycles. The van der Waals surface area contributed by atoms with Crippen LogP contribution in [0.5, 0.6) is 0 Å². The SMILES string of the molecule is COCCCc1c[nH]nn1. The van der Waals surface area contributed by atoms with Gasteiger partial charge in [-0.1, -0.05) is 5.21 Å². The molecule has 4 nitrogen and oxygen atoms in total. The maximum atomic E-state index is 4.88. The van der Waals surface area contributed by atoms with Gasteiger partial charge in [0.1, 0.15) is 0 Å². The Morgan fingerprint density at radius 2 is 2.60 bits per heavy atom. The Morgan fingerprint density at radius 1 is 1.70 bits per heavy atom. The molecule has 0 unspecified atom stereocenters. The summed E-state index contributed by atoms with van der Waals surface area (Å²) in [6, 6.07) is 0. The van der Waals surface area contributed by atoms with Crippen LogP contribution in [0, 0.1) is 0 Å². The Balaban J connectivity index is 2.15. The summed E-state index contributed by atoms with van der Waals surface area (Å²) in [6.07, 6.45) is 3.74. The van der Waals surface area contributed by atoms with Gasteiger partial charge in [0, 0.05) is 19.9 Å². The molecule has 0 bridgehead atoms. The minimum atomic E-state index is 0.785. The molecule has 0 aliphatic heterocycles. The fourth-order valence-electron chi connectivity index (χ4n) is 0.745. The van der Waals surface area contributed by atoms with E-state index in [0.717, 1.165) is 25.1 Å². The highest BCUT2D eigenvalue weighted by Gasteiger charge is 1.93. The van der Waals surface area contributed by atoms with Crippen molar-refractivity contribution < 1.29 is 4.74 Å². The summed E-state index contributed by atoms with van der Waals surface area (Å²) in [5.41, 5.74) is 0.997. The Labute approximate surface area is 59.6 Å².